The van der Waals surface area contributed by atoms with Gasteiger partial charge >= 0.3 is 5.97 Å². The molecule has 0 saturated carbocycles. The molecule has 0 fully saturated rings. The van der Waals surface area contributed by atoms with Crippen molar-refractivity contribution in [2.24, 2.45) is 11.8 Å². The van der Waals surface area contributed by atoms with Gasteiger partial charge in [-0.3, -0.25) is 14.4 Å². The number of carboxylic acid groups (broad SMARTS) is 1. The molecule has 0 radical (unpaired) electrons. The van der Waals surface area contributed by atoms with Crippen molar-refractivity contribution < 1.29 is 24.2 Å². The highest BCUT2D eigenvalue weighted by Crippen LogP contribution is 2.28. The molecule has 0 heterocycles. The number of carbonyl (C=O) groups excluding carboxylic acids is 2. The smallest absolute Gasteiger partial charge is 0.307 e. The molecule has 0 saturated heterocycles. The number of benzene rings is 2. The predicted molar refractivity (Wildman–Crippen MR) is 125 cm³/mol. The van der Waals surface area contributed by atoms with Gasteiger partial charge in [0, 0.05) is 16.3 Å². The minimum Gasteiger partial charge on any atom is -0.494 e. The Balaban J connectivity index is 1.53. The summed E-state index contributed by atoms with van der Waals surface area (Å²) in [4.78, 5) is 37.2. The summed E-state index contributed by atoms with van der Waals surface area (Å²) in [6, 6.07) is 14.3. The van der Waals surface area contributed by atoms with E-state index in [9.17, 15) is 19.5 Å². The highest BCUT2D eigenvalue weighted by Gasteiger charge is 2.33. The molecule has 2 aromatic rings. The Kier molecular flexibility index (Phi) is 8.33. The Labute approximate surface area is 191 Å². The fraction of sp³-hybridized carbons (Fsp3) is 0.292. The summed E-state index contributed by atoms with van der Waals surface area (Å²) in [5.74, 6) is -1.78. The van der Waals surface area contributed by atoms with E-state index >= 15 is 0 Å². The minimum absolute atomic E-state index is 0.146. The molecular weight excluding hydrogens is 428 g/mol. The number of rotatable bonds is 9. The topological polar surface area (TPSA) is 105 Å². The summed E-state index contributed by atoms with van der Waals surface area (Å²) in [7, 11) is 0. The van der Waals surface area contributed by atoms with Gasteiger partial charge in [-0.25, -0.2) is 0 Å². The molecule has 0 spiro atoms. The van der Waals surface area contributed by atoms with Gasteiger partial charge in [0.2, 0.25) is 11.8 Å². The molecule has 8 heteroatoms. The van der Waals surface area contributed by atoms with Crippen LogP contribution in [0.2, 0.25) is 0 Å². The maximum absolute atomic E-state index is 12.6. The van der Waals surface area contributed by atoms with Gasteiger partial charge in [-0.1, -0.05) is 18.2 Å². The van der Waals surface area contributed by atoms with Gasteiger partial charge in [0.1, 0.15) is 5.75 Å². The summed E-state index contributed by atoms with van der Waals surface area (Å²) in [6.07, 6.45) is 4.41. The number of hydrogen-bond donors (Lipinski definition) is 3. The van der Waals surface area contributed by atoms with Crippen LogP contribution in [-0.4, -0.2) is 35.2 Å². The zero-order chi connectivity index (χ0) is 22.9. The maximum atomic E-state index is 12.6. The van der Waals surface area contributed by atoms with E-state index in [0.29, 0.717) is 30.8 Å². The van der Waals surface area contributed by atoms with Crippen molar-refractivity contribution >= 4 is 40.9 Å². The maximum Gasteiger partial charge on any atom is 0.307 e. The first-order valence-electron chi connectivity index (χ1n) is 10.4. The van der Waals surface area contributed by atoms with Gasteiger partial charge in [-0.2, -0.15) is 0 Å². The summed E-state index contributed by atoms with van der Waals surface area (Å²) >= 11 is 1.35. The molecule has 7 nitrogen and oxygen atoms in total. The summed E-state index contributed by atoms with van der Waals surface area (Å²) in [5, 5.41) is 15.0. The van der Waals surface area contributed by atoms with Crippen molar-refractivity contribution in [3.8, 4) is 5.75 Å². The Morgan fingerprint density at radius 2 is 1.72 bits per heavy atom. The second-order valence-electron chi connectivity index (χ2n) is 7.31. The zero-order valence-electron chi connectivity index (χ0n) is 17.7. The highest BCUT2D eigenvalue weighted by atomic mass is 32.2. The molecule has 32 heavy (non-hydrogen) atoms. The monoisotopic (exact) mass is 454 g/mol. The van der Waals surface area contributed by atoms with E-state index in [-0.39, 0.29) is 17.6 Å². The first-order chi connectivity index (χ1) is 15.5. The Morgan fingerprint density at radius 1 is 1.00 bits per heavy atom. The summed E-state index contributed by atoms with van der Waals surface area (Å²) in [5.41, 5.74) is 1.26. The lowest BCUT2D eigenvalue weighted by Crippen LogP contribution is -2.34. The lowest BCUT2D eigenvalue weighted by Gasteiger charge is -2.24. The third kappa shape index (κ3) is 6.62. The standard InChI is InChI=1S/C24H26N2O5S/c1-2-31-18-12-10-16(11-13-18)25-22(27)15-32-19-7-5-6-17(14-19)26-23(28)20-8-3-4-9-21(20)24(29)30/h3-7,10-14,20-21H,2,8-9,15H2,1H3,(H,25,27)(H,26,28)(H,29,30). The summed E-state index contributed by atoms with van der Waals surface area (Å²) in [6.45, 7) is 2.49. The molecule has 1 aliphatic carbocycles. The molecule has 0 aromatic heterocycles. The molecule has 2 unspecified atom stereocenters. The number of aliphatic carboxylic acids is 1. The van der Waals surface area contributed by atoms with E-state index in [2.05, 4.69) is 10.6 Å². The van der Waals surface area contributed by atoms with Gasteiger partial charge in [0.25, 0.3) is 0 Å². The van der Waals surface area contributed by atoms with Gasteiger partial charge in [-0.15, -0.1) is 11.8 Å². The van der Waals surface area contributed by atoms with E-state index in [1.165, 1.54) is 11.8 Å². The number of carboxylic acids is 1. The van der Waals surface area contributed by atoms with Gasteiger partial charge in [0.05, 0.1) is 24.2 Å². The number of ether oxygens (including phenoxy) is 1. The fourth-order valence-corrected chi connectivity index (χ4v) is 4.18. The minimum atomic E-state index is -0.961. The Hall–Kier alpha value is -3.26. The van der Waals surface area contributed by atoms with Crippen LogP contribution in [0.5, 0.6) is 5.75 Å². The van der Waals surface area contributed by atoms with E-state index < -0.39 is 17.8 Å². The quantitative estimate of drug-likeness (QED) is 0.383. The van der Waals surface area contributed by atoms with E-state index in [4.69, 9.17) is 4.74 Å². The molecule has 3 N–H and O–H groups in total. The third-order valence-corrected chi connectivity index (χ3v) is 6.00. The number of amides is 2. The van der Waals surface area contributed by atoms with Crippen LogP contribution in [0.1, 0.15) is 19.8 Å². The van der Waals surface area contributed by atoms with Crippen molar-refractivity contribution in [1.29, 1.82) is 0 Å². The normalized spacial score (nSPS) is 17.4. The van der Waals surface area contributed by atoms with Crippen molar-refractivity contribution in [1.82, 2.24) is 0 Å². The lowest BCUT2D eigenvalue weighted by molar-refractivity contribution is -0.146. The molecule has 0 aliphatic heterocycles. The SMILES string of the molecule is CCOc1ccc(NC(=O)CSc2cccc(NC(=O)C3CC=CCC3C(=O)O)c2)cc1. The van der Waals surface area contributed by atoms with Crippen LogP contribution in [0.3, 0.4) is 0 Å². The first-order valence-corrected chi connectivity index (χ1v) is 11.4. The van der Waals surface area contributed by atoms with E-state index in [0.717, 1.165) is 10.6 Å². The zero-order valence-corrected chi connectivity index (χ0v) is 18.6. The number of hydrogen-bond acceptors (Lipinski definition) is 5. The molecule has 2 atom stereocenters. The number of anilines is 2. The van der Waals surface area contributed by atoms with Crippen LogP contribution in [0, 0.1) is 11.8 Å². The van der Waals surface area contributed by atoms with Crippen molar-refractivity contribution in [2.45, 2.75) is 24.7 Å². The van der Waals surface area contributed by atoms with Crippen LogP contribution < -0.4 is 15.4 Å². The number of allylic oxidation sites excluding steroid dienone is 2. The third-order valence-electron chi connectivity index (χ3n) is 5.01. The first kappa shape index (κ1) is 23.4. The number of carbonyl (C=O) groups is 3. The molecule has 2 aromatic carbocycles. The van der Waals surface area contributed by atoms with Crippen molar-refractivity contribution in [2.75, 3.05) is 23.0 Å². The van der Waals surface area contributed by atoms with Crippen molar-refractivity contribution in [3.05, 3.63) is 60.7 Å². The van der Waals surface area contributed by atoms with Gasteiger partial charge in [0.15, 0.2) is 0 Å². The molecule has 168 valence electrons. The van der Waals surface area contributed by atoms with Crippen molar-refractivity contribution in [3.63, 3.8) is 0 Å². The Morgan fingerprint density at radius 3 is 2.41 bits per heavy atom. The fourth-order valence-electron chi connectivity index (χ4n) is 3.42. The van der Waals surface area contributed by atoms with Crippen LogP contribution >= 0.6 is 11.8 Å². The molecule has 0 bridgehead atoms. The Bertz CT molecular complexity index is 990. The van der Waals surface area contributed by atoms with Gasteiger partial charge < -0.3 is 20.5 Å². The highest BCUT2D eigenvalue weighted by molar-refractivity contribution is 8.00. The van der Waals surface area contributed by atoms with E-state index in [1.807, 2.05) is 19.1 Å². The van der Waals surface area contributed by atoms with Crippen LogP contribution in [0.15, 0.2) is 65.6 Å². The van der Waals surface area contributed by atoms with Crippen LogP contribution in [0.25, 0.3) is 0 Å². The molecule has 3 rings (SSSR count). The molecule has 1 aliphatic rings. The molecular formula is C24H26N2O5S. The van der Waals surface area contributed by atoms with Crippen LogP contribution in [0.4, 0.5) is 11.4 Å². The van der Waals surface area contributed by atoms with Gasteiger partial charge in [-0.05, 0) is 62.2 Å². The number of thioether (sulfide) groups is 1. The van der Waals surface area contributed by atoms with E-state index in [1.54, 1.807) is 48.5 Å². The lowest BCUT2D eigenvalue weighted by atomic mass is 9.82. The second kappa shape index (κ2) is 11.4. The second-order valence-corrected chi connectivity index (χ2v) is 8.35. The largest absolute Gasteiger partial charge is 0.494 e. The molecule has 2 amide bonds. The average Bonchev–Trinajstić information content (AvgIpc) is 2.79. The van der Waals surface area contributed by atoms with Crippen LogP contribution in [-0.2, 0) is 14.4 Å². The number of nitrogens with one attached hydrogen (secondary N) is 2. The predicted octanol–water partition coefficient (Wildman–Crippen LogP) is 4.42. The summed E-state index contributed by atoms with van der Waals surface area (Å²) < 4.78 is 5.39. The average molecular weight is 455 g/mol.